The van der Waals surface area contributed by atoms with E-state index in [2.05, 4.69) is 48.3 Å². The van der Waals surface area contributed by atoms with Crippen LogP contribution in [0.4, 0.5) is 0 Å². The Hall–Kier alpha value is -2.14. The van der Waals surface area contributed by atoms with Gasteiger partial charge in [-0.25, -0.2) is 0 Å². The van der Waals surface area contributed by atoms with E-state index in [9.17, 15) is 10.2 Å². The SMILES string of the molecule is CN1CCc2cc(Sc3ccccc3)cc3c2[C@H]1Cc1ccc(O)c(O)c1-3.Cl. The molecule has 28 heavy (non-hydrogen) atoms. The first kappa shape index (κ1) is 19.2. The second-order valence-corrected chi connectivity index (χ2v) is 8.52. The van der Waals surface area contributed by atoms with Gasteiger partial charge >= 0.3 is 0 Å². The standard InChI is InChI=1S/C23H21NO2S.ClH/c1-24-10-9-15-11-17(27-16-5-3-2-4-6-16)13-18-21(15)19(24)12-14-7-8-20(25)23(26)22(14)18;/h2-8,11,13,19,25-26H,9-10,12H2,1H3;1H/t19-;/m1./s1. The molecule has 0 amide bonds. The van der Waals surface area contributed by atoms with Crippen LogP contribution in [-0.2, 0) is 12.8 Å². The number of phenolic OH excluding ortho intramolecular Hbond substituents is 2. The smallest absolute Gasteiger partial charge is 0.165 e. The number of likely N-dealkylation sites (N-methyl/N-ethyl adjacent to an activating group) is 1. The van der Waals surface area contributed by atoms with Gasteiger partial charge in [0.25, 0.3) is 0 Å². The van der Waals surface area contributed by atoms with Crippen LogP contribution in [0.25, 0.3) is 11.1 Å². The molecule has 5 heteroatoms. The topological polar surface area (TPSA) is 43.7 Å². The number of aromatic hydroxyl groups is 2. The van der Waals surface area contributed by atoms with Crippen LogP contribution >= 0.6 is 24.2 Å². The maximum atomic E-state index is 10.6. The molecule has 1 aliphatic carbocycles. The first-order valence-corrected chi connectivity index (χ1v) is 10.1. The largest absolute Gasteiger partial charge is 0.504 e. The van der Waals surface area contributed by atoms with E-state index >= 15 is 0 Å². The maximum Gasteiger partial charge on any atom is 0.165 e. The molecule has 0 spiro atoms. The Morgan fingerprint density at radius 3 is 2.54 bits per heavy atom. The van der Waals surface area contributed by atoms with Gasteiger partial charge in [0.15, 0.2) is 11.5 Å². The minimum Gasteiger partial charge on any atom is -0.504 e. The van der Waals surface area contributed by atoms with Gasteiger partial charge in [0.1, 0.15) is 0 Å². The van der Waals surface area contributed by atoms with Gasteiger partial charge in [-0.1, -0.05) is 36.0 Å². The third kappa shape index (κ3) is 3.06. The highest BCUT2D eigenvalue weighted by molar-refractivity contribution is 7.99. The minimum absolute atomic E-state index is 0. The van der Waals surface area contributed by atoms with Gasteiger partial charge in [-0.2, -0.15) is 0 Å². The number of rotatable bonds is 2. The summed E-state index contributed by atoms with van der Waals surface area (Å²) < 4.78 is 0. The van der Waals surface area contributed by atoms with Crippen molar-refractivity contribution in [3.05, 3.63) is 71.3 Å². The minimum atomic E-state index is -0.0498. The average Bonchev–Trinajstić information content (AvgIpc) is 2.68. The zero-order valence-corrected chi connectivity index (χ0v) is 17.2. The molecule has 144 valence electrons. The summed E-state index contributed by atoms with van der Waals surface area (Å²) >= 11 is 1.74. The van der Waals surface area contributed by atoms with Crippen LogP contribution in [0.2, 0.25) is 0 Å². The van der Waals surface area contributed by atoms with E-state index in [-0.39, 0.29) is 23.9 Å². The van der Waals surface area contributed by atoms with E-state index in [1.165, 1.54) is 20.9 Å². The lowest BCUT2D eigenvalue weighted by atomic mass is 9.77. The molecule has 0 radical (unpaired) electrons. The number of fused-ring (bicyclic) bond motifs is 2. The molecular formula is C23H22ClNO2S. The number of nitrogens with zero attached hydrogens (tertiary/aromatic N) is 1. The molecule has 2 N–H and O–H groups in total. The van der Waals surface area contributed by atoms with Crippen molar-refractivity contribution in [3.63, 3.8) is 0 Å². The van der Waals surface area contributed by atoms with Crippen LogP contribution in [0.15, 0.2) is 64.4 Å². The van der Waals surface area contributed by atoms with Crippen molar-refractivity contribution in [1.29, 1.82) is 0 Å². The fraction of sp³-hybridized carbons (Fsp3) is 0.217. The van der Waals surface area contributed by atoms with E-state index in [4.69, 9.17) is 0 Å². The highest BCUT2D eigenvalue weighted by Crippen LogP contribution is 2.51. The highest BCUT2D eigenvalue weighted by atomic mass is 35.5. The lowest BCUT2D eigenvalue weighted by Crippen LogP contribution is -2.35. The predicted octanol–water partition coefficient (Wildman–Crippen LogP) is 5.42. The molecule has 0 bridgehead atoms. The molecule has 5 rings (SSSR count). The van der Waals surface area contributed by atoms with Crippen LogP contribution < -0.4 is 0 Å². The van der Waals surface area contributed by atoms with Crippen molar-refractivity contribution in [2.75, 3.05) is 13.6 Å². The molecule has 1 aliphatic heterocycles. The number of hydrogen-bond acceptors (Lipinski definition) is 4. The van der Waals surface area contributed by atoms with Crippen LogP contribution in [0.3, 0.4) is 0 Å². The third-order valence-corrected chi connectivity index (χ3v) is 6.72. The molecule has 0 unspecified atom stereocenters. The lowest BCUT2D eigenvalue weighted by Gasteiger charge is -2.40. The van der Waals surface area contributed by atoms with E-state index in [1.54, 1.807) is 17.8 Å². The highest BCUT2D eigenvalue weighted by Gasteiger charge is 2.34. The summed E-state index contributed by atoms with van der Waals surface area (Å²) in [5.41, 5.74) is 5.65. The van der Waals surface area contributed by atoms with Gasteiger partial charge in [0, 0.05) is 27.9 Å². The molecule has 2 aliphatic rings. The second-order valence-electron chi connectivity index (χ2n) is 7.38. The Kier molecular flexibility index (Phi) is 5.04. The second kappa shape index (κ2) is 7.36. The summed E-state index contributed by atoms with van der Waals surface area (Å²) in [5.74, 6) is -0.0468. The number of benzene rings is 3. The summed E-state index contributed by atoms with van der Waals surface area (Å²) in [7, 11) is 2.18. The van der Waals surface area contributed by atoms with Gasteiger partial charge in [0.2, 0.25) is 0 Å². The molecule has 1 heterocycles. The Balaban J connectivity index is 0.00000192. The fourth-order valence-electron chi connectivity index (χ4n) is 4.41. The van der Waals surface area contributed by atoms with E-state index in [0.717, 1.165) is 36.1 Å². The number of hydrogen-bond donors (Lipinski definition) is 2. The van der Waals surface area contributed by atoms with Crippen molar-refractivity contribution >= 4 is 24.2 Å². The van der Waals surface area contributed by atoms with Gasteiger partial charge in [-0.3, -0.25) is 4.90 Å². The van der Waals surface area contributed by atoms with Gasteiger partial charge in [0.05, 0.1) is 0 Å². The van der Waals surface area contributed by atoms with Crippen molar-refractivity contribution < 1.29 is 10.2 Å². The molecule has 0 fully saturated rings. The summed E-state index contributed by atoms with van der Waals surface area (Å²) in [6.07, 6.45) is 1.87. The fourth-order valence-corrected chi connectivity index (χ4v) is 5.35. The van der Waals surface area contributed by atoms with E-state index < -0.39 is 0 Å². The van der Waals surface area contributed by atoms with Gasteiger partial charge in [-0.15, -0.1) is 12.4 Å². The maximum absolute atomic E-state index is 10.6. The zero-order valence-electron chi connectivity index (χ0n) is 15.6. The lowest BCUT2D eigenvalue weighted by molar-refractivity contribution is 0.227. The average molecular weight is 412 g/mol. The predicted molar refractivity (Wildman–Crippen MR) is 116 cm³/mol. The molecule has 3 aromatic carbocycles. The van der Waals surface area contributed by atoms with Crippen LogP contribution in [0.5, 0.6) is 11.5 Å². The monoisotopic (exact) mass is 411 g/mol. The molecule has 0 saturated carbocycles. The molecule has 3 aromatic rings. The van der Waals surface area contributed by atoms with Crippen LogP contribution in [-0.4, -0.2) is 28.7 Å². The summed E-state index contributed by atoms with van der Waals surface area (Å²) in [4.78, 5) is 4.78. The molecule has 3 nitrogen and oxygen atoms in total. The first-order chi connectivity index (χ1) is 13.1. The molecular weight excluding hydrogens is 390 g/mol. The summed E-state index contributed by atoms with van der Waals surface area (Å²) in [5, 5.41) is 20.7. The molecule has 1 atom stereocenters. The third-order valence-electron chi connectivity index (χ3n) is 5.74. The van der Waals surface area contributed by atoms with Crippen LogP contribution in [0.1, 0.15) is 22.7 Å². The van der Waals surface area contributed by atoms with Gasteiger partial charge < -0.3 is 10.2 Å². The Morgan fingerprint density at radius 2 is 1.75 bits per heavy atom. The van der Waals surface area contributed by atoms with E-state index in [0.29, 0.717) is 6.04 Å². The Morgan fingerprint density at radius 1 is 0.964 bits per heavy atom. The molecule has 0 saturated heterocycles. The normalized spacial score (nSPS) is 17.4. The summed E-state index contributed by atoms with van der Waals surface area (Å²) in [6, 6.07) is 18.7. The van der Waals surface area contributed by atoms with Gasteiger partial charge in [-0.05, 0) is 72.5 Å². The zero-order chi connectivity index (χ0) is 18.5. The van der Waals surface area contributed by atoms with Crippen LogP contribution in [0, 0.1) is 0 Å². The Bertz CT molecular complexity index is 1040. The summed E-state index contributed by atoms with van der Waals surface area (Å²) in [6.45, 7) is 1.04. The Labute approximate surface area is 175 Å². The number of phenols is 2. The quantitative estimate of drug-likeness (QED) is 0.552. The van der Waals surface area contributed by atoms with Crippen molar-refractivity contribution in [2.45, 2.75) is 28.7 Å². The van der Waals surface area contributed by atoms with Crippen molar-refractivity contribution in [3.8, 4) is 22.6 Å². The van der Waals surface area contributed by atoms with Crippen molar-refractivity contribution in [2.24, 2.45) is 0 Å². The first-order valence-electron chi connectivity index (χ1n) is 9.26. The number of halogens is 1. The van der Waals surface area contributed by atoms with E-state index in [1.807, 2.05) is 12.1 Å². The molecule has 0 aromatic heterocycles. The van der Waals surface area contributed by atoms with Crippen molar-refractivity contribution in [1.82, 2.24) is 4.90 Å².